The average molecular weight is 492 g/mol. The number of para-hydroxylation sites is 1. The first kappa shape index (κ1) is 23.0. The van der Waals surface area contributed by atoms with Crippen LogP contribution in [0, 0.1) is 5.92 Å². The summed E-state index contributed by atoms with van der Waals surface area (Å²) in [5.74, 6) is 0.820. The molecule has 1 atom stereocenters. The van der Waals surface area contributed by atoms with E-state index in [1.54, 1.807) is 4.90 Å². The first-order chi connectivity index (χ1) is 18.1. The lowest BCUT2D eigenvalue weighted by Gasteiger charge is -2.32. The molecule has 1 aliphatic heterocycles. The maximum Gasteiger partial charge on any atom is 0.254 e. The predicted molar refractivity (Wildman–Crippen MR) is 147 cm³/mol. The van der Waals surface area contributed by atoms with Gasteiger partial charge in [-0.25, -0.2) is 4.98 Å². The average Bonchev–Trinajstić information content (AvgIpc) is 3.64. The molecule has 2 aromatic heterocycles. The fraction of sp³-hybridized carbons (Fsp3) is 0.233. The van der Waals surface area contributed by atoms with Crippen LogP contribution < -0.4 is 10.2 Å². The molecular weight excluding hydrogens is 462 g/mol. The molecule has 2 amide bonds. The Morgan fingerprint density at radius 3 is 2.65 bits per heavy atom. The van der Waals surface area contributed by atoms with Crippen LogP contribution in [0.25, 0.3) is 16.6 Å². The summed E-state index contributed by atoms with van der Waals surface area (Å²) >= 11 is 0. The number of nitrogens with one attached hydrogen (secondary N) is 2. The maximum atomic E-state index is 13.4. The largest absolute Gasteiger partial charge is 0.356 e. The van der Waals surface area contributed by atoms with Crippen molar-refractivity contribution in [1.29, 1.82) is 0 Å². The summed E-state index contributed by atoms with van der Waals surface area (Å²) in [7, 11) is 0. The van der Waals surface area contributed by atoms with E-state index in [2.05, 4.69) is 23.3 Å². The second kappa shape index (κ2) is 9.58. The van der Waals surface area contributed by atoms with Crippen molar-refractivity contribution in [3.63, 3.8) is 0 Å². The molecule has 7 nitrogen and oxygen atoms in total. The monoisotopic (exact) mass is 491 g/mol. The highest BCUT2D eigenvalue weighted by molar-refractivity contribution is 5.97. The number of nitrogens with zero attached hydrogens (tertiary/aromatic N) is 3. The normalized spacial score (nSPS) is 17.4. The second-order valence-electron chi connectivity index (χ2n) is 9.85. The maximum absolute atomic E-state index is 13.4. The van der Waals surface area contributed by atoms with E-state index in [1.807, 2.05) is 77.8 Å². The SMILES string of the molecule is CC1CN(C(=O)c2cccc(Nc3ccccc3)c2)CC=C1c1cc(N(C=O)C2CC2)nc2[nH]ccc12. The summed E-state index contributed by atoms with van der Waals surface area (Å²) in [6.45, 7) is 3.29. The van der Waals surface area contributed by atoms with Crippen molar-refractivity contribution in [1.82, 2.24) is 14.9 Å². The van der Waals surface area contributed by atoms with Crippen LogP contribution in [0.4, 0.5) is 17.2 Å². The summed E-state index contributed by atoms with van der Waals surface area (Å²) in [6, 6.07) is 21.9. The Hall–Kier alpha value is -4.39. The highest BCUT2D eigenvalue weighted by Gasteiger charge is 2.31. The number of carbonyl (C=O) groups is 2. The summed E-state index contributed by atoms with van der Waals surface area (Å²) in [5.41, 5.74) is 5.55. The summed E-state index contributed by atoms with van der Waals surface area (Å²) in [4.78, 5) is 36.8. The van der Waals surface area contributed by atoms with Gasteiger partial charge in [-0.2, -0.15) is 0 Å². The van der Waals surface area contributed by atoms with Crippen LogP contribution in [0.1, 0.15) is 35.7 Å². The Bertz CT molecular complexity index is 1490. The number of aromatic nitrogens is 2. The van der Waals surface area contributed by atoms with E-state index in [4.69, 9.17) is 4.98 Å². The topological polar surface area (TPSA) is 81.3 Å². The molecule has 7 heteroatoms. The van der Waals surface area contributed by atoms with Crippen LogP contribution in [-0.4, -0.2) is 46.3 Å². The van der Waals surface area contributed by atoms with Gasteiger partial charge in [0.15, 0.2) is 0 Å². The third-order valence-electron chi connectivity index (χ3n) is 7.16. The van der Waals surface area contributed by atoms with Crippen molar-refractivity contribution in [3.8, 4) is 0 Å². The van der Waals surface area contributed by atoms with Gasteiger partial charge in [-0.05, 0) is 72.4 Å². The molecule has 2 aromatic carbocycles. The zero-order valence-corrected chi connectivity index (χ0v) is 20.7. The van der Waals surface area contributed by atoms with Crippen LogP contribution in [-0.2, 0) is 4.79 Å². The fourth-order valence-electron chi connectivity index (χ4n) is 5.13. The Labute approximate surface area is 215 Å². The van der Waals surface area contributed by atoms with Gasteiger partial charge in [0.2, 0.25) is 6.41 Å². The summed E-state index contributed by atoms with van der Waals surface area (Å²) < 4.78 is 0. The molecule has 0 bridgehead atoms. The number of hydrogen-bond donors (Lipinski definition) is 2. The quantitative estimate of drug-likeness (QED) is 0.330. The fourth-order valence-corrected chi connectivity index (χ4v) is 5.13. The van der Waals surface area contributed by atoms with E-state index >= 15 is 0 Å². The van der Waals surface area contributed by atoms with E-state index < -0.39 is 0 Å². The van der Waals surface area contributed by atoms with Crippen molar-refractivity contribution >= 4 is 46.1 Å². The highest BCUT2D eigenvalue weighted by atomic mass is 16.2. The lowest BCUT2D eigenvalue weighted by molar-refractivity contribution is -0.107. The van der Waals surface area contributed by atoms with Crippen molar-refractivity contribution in [2.75, 3.05) is 23.3 Å². The summed E-state index contributed by atoms with van der Waals surface area (Å²) in [6.07, 6.45) is 6.94. The van der Waals surface area contributed by atoms with Crippen molar-refractivity contribution in [2.24, 2.45) is 5.92 Å². The minimum Gasteiger partial charge on any atom is -0.356 e. The first-order valence-electron chi connectivity index (χ1n) is 12.7. The number of rotatable bonds is 7. The zero-order chi connectivity index (χ0) is 25.4. The van der Waals surface area contributed by atoms with Gasteiger partial charge >= 0.3 is 0 Å². The van der Waals surface area contributed by atoms with Crippen molar-refractivity contribution < 1.29 is 9.59 Å². The Morgan fingerprint density at radius 1 is 1.08 bits per heavy atom. The minimum absolute atomic E-state index is 0.0157. The number of aromatic amines is 1. The van der Waals surface area contributed by atoms with E-state index in [0.29, 0.717) is 24.5 Å². The van der Waals surface area contributed by atoms with Crippen LogP contribution in [0.3, 0.4) is 0 Å². The van der Waals surface area contributed by atoms with E-state index in [1.165, 1.54) is 5.57 Å². The highest BCUT2D eigenvalue weighted by Crippen LogP contribution is 2.37. The third kappa shape index (κ3) is 4.60. The minimum atomic E-state index is 0.0157. The van der Waals surface area contributed by atoms with Gasteiger partial charge in [0, 0.05) is 47.7 Å². The van der Waals surface area contributed by atoms with Crippen molar-refractivity contribution in [2.45, 2.75) is 25.8 Å². The van der Waals surface area contributed by atoms with Crippen LogP contribution in [0.5, 0.6) is 0 Å². The molecule has 1 saturated carbocycles. The number of hydrogen-bond acceptors (Lipinski definition) is 4. The van der Waals surface area contributed by atoms with Gasteiger partial charge < -0.3 is 15.2 Å². The molecule has 1 aliphatic carbocycles. The third-order valence-corrected chi connectivity index (χ3v) is 7.16. The molecule has 0 spiro atoms. The molecule has 0 saturated heterocycles. The molecular formula is C30H29N5O2. The lowest BCUT2D eigenvalue weighted by atomic mass is 9.89. The van der Waals surface area contributed by atoms with Crippen LogP contribution in [0.15, 0.2) is 79.0 Å². The number of pyridine rings is 1. The van der Waals surface area contributed by atoms with Gasteiger partial charge in [0.25, 0.3) is 5.91 Å². The molecule has 2 N–H and O–H groups in total. The molecule has 3 heterocycles. The number of anilines is 3. The number of benzene rings is 2. The smallest absolute Gasteiger partial charge is 0.254 e. The molecule has 37 heavy (non-hydrogen) atoms. The first-order valence-corrected chi connectivity index (χ1v) is 12.7. The Kier molecular flexibility index (Phi) is 5.96. The molecule has 4 aromatic rings. The number of carbonyl (C=O) groups excluding carboxylic acids is 2. The molecule has 1 fully saturated rings. The van der Waals surface area contributed by atoms with Crippen LogP contribution >= 0.6 is 0 Å². The number of H-pyrrole nitrogens is 1. The molecule has 1 unspecified atom stereocenters. The molecule has 6 rings (SSSR count). The molecule has 186 valence electrons. The van der Waals surface area contributed by atoms with Gasteiger partial charge in [0.05, 0.1) is 0 Å². The van der Waals surface area contributed by atoms with E-state index in [9.17, 15) is 9.59 Å². The predicted octanol–water partition coefficient (Wildman–Crippen LogP) is 5.61. The summed E-state index contributed by atoms with van der Waals surface area (Å²) in [5, 5.41) is 4.40. The van der Waals surface area contributed by atoms with Gasteiger partial charge in [-0.15, -0.1) is 0 Å². The molecule has 0 radical (unpaired) electrons. The number of amides is 2. The zero-order valence-electron chi connectivity index (χ0n) is 20.7. The van der Waals surface area contributed by atoms with E-state index in [-0.39, 0.29) is 17.9 Å². The lowest BCUT2D eigenvalue weighted by Crippen LogP contribution is -2.38. The van der Waals surface area contributed by atoms with Crippen LogP contribution in [0.2, 0.25) is 0 Å². The Balaban J connectivity index is 1.25. The van der Waals surface area contributed by atoms with Gasteiger partial charge in [0.1, 0.15) is 11.5 Å². The van der Waals surface area contributed by atoms with Gasteiger partial charge in [-0.1, -0.05) is 37.3 Å². The standard InChI is InChI=1S/C30H29N5O2/c1-20-18-34(30(37)21-6-5-9-23(16-21)32-22-7-3-2-4-8-22)15-13-25(20)27-17-28(35(19-36)24-10-11-24)33-29-26(27)12-14-31-29/h2-9,12-14,16-17,19-20,24,32H,10-11,15,18H2,1H3,(H,31,33). The van der Waals surface area contributed by atoms with E-state index in [0.717, 1.165) is 47.2 Å². The molecule has 2 aliphatic rings. The number of fused-ring (bicyclic) bond motifs is 1. The van der Waals surface area contributed by atoms with Gasteiger partial charge in [-0.3, -0.25) is 14.5 Å². The Morgan fingerprint density at radius 2 is 1.89 bits per heavy atom. The second-order valence-corrected chi connectivity index (χ2v) is 9.85. The van der Waals surface area contributed by atoms with Crippen molar-refractivity contribution in [3.05, 3.63) is 90.1 Å².